The molecule has 0 amide bonds. The summed E-state index contributed by atoms with van der Waals surface area (Å²) >= 11 is 0. The van der Waals surface area contributed by atoms with Crippen LogP contribution in [-0.4, -0.2) is 11.7 Å². The number of rotatable bonds is 1. The van der Waals surface area contributed by atoms with Gasteiger partial charge in [-0.05, 0) is 5.10 Å². The van der Waals surface area contributed by atoms with Crippen LogP contribution in [0.25, 0.3) is 5.69 Å². The molecule has 0 N–H and O–H groups in total. The Balaban J connectivity index is 2.06. The minimum Gasteiger partial charge on any atom is -0.519 e. The Kier molecular flexibility index (Phi) is 1.47. The zero-order valence-electron chi connectivity index (χ0n) is 7.50. The lowest BCUT2D eigenvalue weighted by Crippen LogP contribution is -2.36. The molecule has 70 valence electrons. The molecule has 1 aliphatic heterocycles. The summed E-state index contributed by atoms with van der Waals surface area (Å²) in [7, 11) is 0. The van der Waals surface area contributed by atoms with Crippen LogP contribution in [0.1, 0.15) is 0 Å². The lowest BCUT2D eigenvalue weighted by molar-refractivity contribution is -0.734. The van der Waals surface area contributed by atoms with Crippen molar-refractivity contribution < 1.29 is 14.0 Å². The van der Waals surface area contributed by atoms with Crippen molar-refractivity contribution in [2.45, 2.75) is 0 Å². The summed E-state index contributed by atoms with van der Waals surface area (Å²) in [6.45, 7) is 2.56. The van der Waals surface area contributed by atoms with Crippen LogP contribution in [0.4, 0.5) is 0 Å². The minimum atomic E-state index is 0.609. The van der Waals surface area contributed by atoms with Gasteiger partial charge in [0, 0.05) is 6.54 Å². The van der Waals surface area contributed by atoms with Crippen molar-refractivity contribution in [3.05, 3.63) is 43.2 Å². The lowest BCUT2D eigenvalue weighted by Gasteiger charge is -1.96. The van der Waals surface area contributed by atoms with Crippen LogP contribution in [0.3, 0.4) is 0 Å². The Labute approximate surface area is 81.4 Å². The predicted molar refractivity (Wildman–Crippen MR) is 46.8 cm³/mol. The van der Waals surface area contributed by atoms with Crippen molar-refractivity contribution in [1.29, 1.82) is 0 Å². The highest BCUT2D eigenvalue weighted by atomic mass is 16.5. The highest BCUT2D eigenvalue weighted by molar-refractivity contribution is 5.20. The van der Waals surface area contributed by atoms with Crippen molar-refractivity contribution in [2.75, 3.05) is 6.61 Å². The Morgan fingerprint density at radius 2 is 2.14 bits per heavy atom. The molecule has 4 heteroatoms. The molecule has 0 saturated heterocycles. The maximum atomic E-state index is 5.28. The smallest absolute Gasteiger partial charge is 0.368 e. The average molecular weight is 187 g/mol. The first kappa shape index (κ1) is 7.44. The van der Waals surface area contributed by atoms with Crippen LogP contribution >= 0.6 is 0 Å². The number of hydrogen-bond acceptors (Lipinski definition) is 2. The topological polar surface area (TPSA) is 29.9 Å². The fraction of sp³-hybridized carbons (Fsp3) is 0.100. The first-order valence-corrected chi connectivity index (χ1v) is 4.46. The Morgan fingerprint density at radius 3 is 2.93 bits per heavy atom. The summed E-state index contributed by atoms with van der Waals surface area (Å²) < 4.78 is 8.95. The van der Waals surface area contributed by atoms with Crippen molar-refractivity contribution in [3.63, 3.8) is 0 Å². The monoisotopic (exact) mass is 187 g/mol. The molecule has 14 heavy (non-hydrogen) atoms. The highest BCUT2D eigenvalue weighted by Gasteiger charge is 2.16. The molecule has 2 aromatic rings. The van der Waals surface area contributed by atoms with Crippen LogP contribution in [0.15, 0.2) is 36.7 Å². The normalized spacial score (nSPS) is 13.1. The van der Waals surface area contributed by atoms with E-state index in [1.807, 2.05) is 47.8 Å². The molecule has 1 aromatic heterocycles. The van der Waals surface area contributed by atoms with Gasteiger partial charge in [-0.15, -0.1) is 0 Å². The molecule has 0 fully saturated rings. The van der Waals surface area contributed by atoms with Gasteiger partial charge in [0.1, 0.15) is 0 Å². The Bertz CT molecular complexity index is 428. The van der Waals surface area contributed by atoms with E-state index < -0.39 is 0 Å². The van der Waals surface area contributed by atoms with Gasteiger partial charge in [-0.25, -0.2) is 0 Å². The number of benzene rings is 1. The zero-order valence-corrected chi connectivity index (χ0v) is 7.50. The standard InChI is InChI=1S/C10H9N3O/c1-2-4-9(5-3-1)13-8-12-6-7-14-10(12)11-13/h1-6,8H,7H2. The van der Waals surface area contributed by atoms with Crippen LogP contribution in [0.5, 0.6) is 6.01 Å². The van der Waals surface area contributed by atoms with E-state index in [0.29, 0.717) is 12.6 Å². The molecule has 3 rings (SSSR count). The average Bonchev–Trinajstić information content (AvgIpc) is 2.78. The second-order valence-corrected chi connectivity index (χ2v) is 3.08. The van der Waals surface area contributed by atoms with Gasteiger partial charge >= 0.3 is 6.01 Å². The summed E-state index contributed by atoms with van der Waals surface area (Å²) in [5.74, 6) is 0. The number of ether oxygens (including phenoxy) is 1. The number of nitrogens with zero attached hydrogens (tertiary/aromatic N) is 3. The van der Waals surface area contributed by atoms with Gasteiger partial charge in [-0.1, -0.05) is 30.3 Å². The molecule has 2 heterocycles. The molecule has 4 nitrogen and oxygen atoms in total. The van der Waals surface area contributed by atoms with E-state index in [2.05, 4.69) is 5.10 Å². The molecule has 0 saturated carbocycles. The van der Waals surface area contributed by atoms with Crippen molar-refractivity contribution in [3.8, 4) is 11.7 Å². The van der Waals surface area contributed by atoms with E-state index in [1.165, 1.54) is 0 Å². The third kappa shape index (κ3) is 1.04. The van der Waals surface area contributed by atoms with Gasteiger partial charge in [0.05, 0.1) is 12.3 Å². The fourth-order valence-corrected chi connectivity index (χ4v) is 1.46. The summed E-state index contributed by atoms with van der Waals surface area (Å²) in [4.78, 5) is 0. The summed E-state index contributed by atoms with van der Waals surface area (Å²) in [6.07, 6.45) is 1.90. The van der Waals surface area contributed by atoms with E-state index in [4.69, 9.17) is 4.74 Å². The quantitative estimate of drug-likeness (QED) is 0.456. The SMILES string of the molecule is c1ccc(-[n+]2[cH-][n+]3c(n2)OC[CH-]3)cc1. The number of hydrogen-bond donors (Lipinski definition) is 0. The summed E-state index contributed by atoms with van der Waals surface area (Å²) in [5.41, 5.74) is 1.03. The van der Waals surface area contributed by atoms with E-state index >= 15 is 0 Å². The van der Waals surface area contributed by atoms with Gasteiger partial charge in [0.25, 0.3) is 6.33 Å². The second-order valence-electron chi connectivity index (χ2n) is 3.08. The molecule has 1 aliphatic rings. The van der Waals surface area contributed by atoms with Crippen LogP contribution in [-0.2, 0) is 0 Å². The Morgan fingerprint density at radius 1 is 1.29 bits per heavy atom. The number of fused-ring (bicyclic) bond motifs is 1. The highest BCUT2D eigenvalue weighted by Crippen LogP contribution is 2.03. The van der Waals surface area contributed by atoms with Gasteiger partial charge in [0.2, 0.25) is 0 Å². The summed E-state index contributed by atoms with van der Waals surface area (Å²) in [5, 5.41) is 4.29. The number of para-hydroxylation sites is 1. The number of aromatic nitrogens is 3. The molecular weight excluding hydrogens is 178 g/mol. The maximum Gasteiger partial charge on any atom is 0.368 e. The van der Waals surface area contributed by atoms with E-state index in [0.717, 1.165) is 5.69 Å². The first-order valence-electron chi connectivity index (χ1n) is 4.46. The largest absolute Gasteiger partial charge is 0.519 e. The third-order valence-electron chi connectivity index (χ3n) is 2.15. The zero-order chi connectivity index (χ0) is 9.38. The molecule has 1 aromatic carbocycles. The second kappa shape index (κ2) is 2.77. The van der Waals surface area contributed by atoms with Crippen molar-refractivity contribution in [1.82, 2.24) is 5.10 Å². The molecule has 0 bridgehead atoms. The molecule has 0 radical (unpaired) electrons. The van der Waals surface area contributed by atoms with Crippen molar-refractivity contribution >= 4 is 0 Å². The van der Waals surface area contributed by atoms with Crippen molar-refractivity contribution in [2.24, 2.45) is 0 Å². The molecular formula is C10H9N3O. The van der Waals surface area contributed by atoms with Gasteiger partial charge in [-0.2, -0.15) is 4.68 Å². The molecule has 0 aliphatic carbocycles. The van der Waals surface area contributed by atoms with Crippen LogP contribution in [0.2, 0.25) is 0 Å². The van der Waals surface area contributed by atoms with Gasteiger partial charge < -0.3 is 4.74 Å². The predicted octanol–water partition coefficient (Wildman–Crippen LogP) is -0.233. The Hall–Kier alpha value is -1.97. The van der Waals surface area contributed by atoms with E-state index in [-0.39, 0.29) is 0 Å². The van der Waals surface area contributed by atoms with Gasteiger partial charge in [-0.3, -0.25) is 4.57 Å². The third-order valence-corrected chi connectivity index (χ3v) is 2.15. The molecule has 0 spiro atoms. The van der Waals surface area contributed by atoms with Crippen LogP contribution in [0, 0.1) is 6.54 Å². The molecule has 0 atom stereocenters. The summed E-state index contributed by atoms with van der Waals surface area (Å²) in [6, 6.07) is 10.6. The lowest BCUT2D eigenvalue weighted by atomic mass is 10.3. The van der Waals surface area contributed by atoms with Gasteiger partial charge in [0.15, 0.2) is 0 Å². The fourth-order valence-electron chi connectivity index (χ4n) is 1.46. The molecule has 0 unspecified atom stereocenters. The maximum absolute atomic E-state index is 5.28. The van der Waals surface area contributed by atoms with Crippen LogP contribution < -0.4 is 14.0 Å². The van der Waals surface area contributed by atoms with E-state index in [9.17, 15) is 0 Å². The first-order chi connectivity index (χ1) is 6.93. The van der Waals surface area contributed by atoms with E-state index in [1.54, 1.807) is 4.68 Å². The minimum absolute atomic E-state index is 0.609.